The Labute approximate surface area is 118 Å². The molecule has 0 saturated heterocycles. The van der Waals surface area contributed by atoms with Gasteiger partial charge in [0.2, 0.25) is 0 Å². The van der Waals surface area contributed by atoms with Crippen LogP contribution in [-0.2, 0) is 20.2 Å². The van der Waals surface area contributed by atoms with E-state index in [9.17, 15) is 31.5 Å². The Hall–Kier alpha value is -2.08. The molecular formula is C10H7NO8S2. The molecule has 11 heteroatoms. The summed E-state index contributed by atoms with van der Waals surface area (Å²) < 4.78 is 63.6. The normalized spacial score (nSPS) is 12.5. The van der Waals surface area contributed by atoms with Crippen LogP contribution in [0.4, 0.5) is 5.69 Å². The Balaban J connectivity index is 3.20. The number of nitro benzene ring substituents is 1. The summed E-state index contributed by atoms with van der Waals surface area (Å²) in [7, 11) is -10.2. The van der Waals surface area contributed by atoms with Gasteiger partial charge in [-0.15, -0.1) is 0 Å². The zero-order chi connectivity index (χ0) is 16.0. The van der Waals surface area contributed by atoms with Gasteiger partial charge in [0.15, 0.2) is 0 Å². The standard InChI is InChI=1S/C10H7NO8S2/c12-11(13)7-3-1-2-6-4-5-8(20(14,15)16)10(9(6)7)21(17,18)19/h1-5H,(H,14,15,16)(H,17,18,19). The zero-order valence-electron chi connectivity index (χ0n) is 9.99. The van der Waals surface area contributed by atoms with E-state index >= 15 is 0 Å². The van der Waals surface area contributed by atoms with Gasteiger partial charge in [-0.3, -0.25) is 19.2 Å². The molecule has 0 aliphatic rings. The molecule has 0 saturated carbocycles. The van der Waals surface area contributed by atoms with Crippen molar-refractivity contribution in [3.8, 4) is 0 Å². The van der Waals surface area contributed by atoms with E-state index in [-0.39, 0.29) is 5.39 Å². The summed E-state index contributed by atoms with van der Waals surface area (Å²) in [6.45, 7) is 0. The Morgan fingerprint density at radius 3 is 2.05 bits per heavy atom. The molecule has 0 spiro atoms. The lowest BCUT2D eigenvalue weighted by Crippen LogP contribution is -2.10. The Morgan fingerprint density at radius 2 is 1.57 bits per heavy atom. The van der Waals surface area contributed by atoms with E-state index in [1.165, 1.54) is 12.1 Å². The van der Waals surface area contributed by atoms with Crippen molar-refractivity contribution in [2.45, 2.75) is 9.79 Å². The summed E-state index contributed by atoms with van der Waals surface area (Å²) in [6, 6.07) is 5.33. The minimum Gasteiger partial charge on any atom is -0.282 e. The molecule has 0 bridgehead atoms. The maximum atomic E-state index is 11.4. The summed E-state index contributed by atoms with van der Waals surface area (Å²) in [6.07, 6.45) is 0. The van der Waals surface area contributed by atoms with E-state index < -0.39 is 46.0 Å². The van der Waals surface area contributed by atoms with Crippen molar-refractivity contribution in [1.82, 2.24) is 0 Å². The van der Waals surface area contributed by atoms with Crippen LogP contribution < -0.4 is 0 Å². The highest BCUT2D eigenvalue weighted by molar-refractivity contribution is 7.89. The average Bonchev–Trinajstić information content (AvgIpc) is 2.34. The molecule has 0 radical (unpaired) electrons. The monoisotopic (exact) mass is 333 g/mol. The minimum atomic E-state index is -5.14. The van der Waals surface area contributed by atoms with Crippen molar-refractivity contribution in [1.29, 1.82) is 0 Å². The van der Waals surface area contributed by atoms with Crippen molar-refractivity contribution < 1.29 is 30.9 Å². The summed E-state index contributed by atoms with van der Waals surface area (Å²) in [4.78, 5) is 7.69. The number of benzene rings is 2. The molecule has 0 unspecified atom stereocenters. The highest BCUT2D eigenvalue weighted by Crippen LogP contribution is 2.35. The predicted molar refractivity (Wildman–Crippen MR) is 70.2 cm³/mol. The number of hydrogen-bond donors (Lipinski definition) is 2. The third-order valence-electron chi connectivity index (χ3n) is 2.67. The molecule has 0 fully saturated rings. The van der Waals surface area contributed by atoms with Gasteiger partial charge < -0.3 is 0 Å². The van der Waals surface area contributed by atoms with Crippen LogP contribution in [-0.4, -0.2) is 30.9 Å². The molecule has 0 heterocycles. The quantitative estimate of drug-likeness (QED) is 0.483. The summed E-state index contributed by atoms with van der Waals surface area (Å²) in [5, 5.41) is 10.4. The van der Waals surface area contributed by atoms with Crippen molar-refractivity contribution in [3.63, 3.8) is 0 Å². The summed E-state index contributed by atoms with van der Waals surface area (Å²) >= 11 is 0. The molecule has 2 aromatic rings. The highest BCUT2D eigenvalue weighted by Gasteiger charge is 2.30. The van der Waals surface area contributed by atoms with Crippen LogP contribution in [0.3, 0.4) is 0 Å². The van der Waals surface area contributed by atoms with Crippen LogP contribution >= 0.6 is 0 Å². The van der Waals surface area contributed by atoms with Crippen LogP contribution in [0.1, 0.15) is 0 Å². The van der Waals surface area contributed by atoms with Gasteiger partial charge >= 0.3 is 0 Å². The smallest absolute Gasteiger partial charge is 0.282 e. The van der Waals surface area contributed by atoms with E-state index in [4.69, 9.17) is 4.55 Å². The largest absolute Gasteiger partial charge is 0.296 e. The highest BCUT2D eigenvalue weighted by atomic mass is 32.2. The first-order valence-electron chi connectivity index (χ1n) is 5.18. The number of hydrogen-bond acceptors (Lipinski definition) is 6. The number of non-ortho nitro benzene ring substituents is 1. The second-order valence-corrected chi connectivity index (χ2v) is 6.72. The first-order valence-corrected chi connectivity index (χ1v) is 8.06. The molecule has 2 aromatic carbocycles. The van der Waals surface area contributed by atoms with Crippen molar-refractivity contribution in [2.75, 3.05) is 0 Å². The lowest BCUT2D eigenvalue weighted by Gasteiger charge is -2.08. The van der Waals surface area contributed by atoms with Gasteiger partial charge in [0.1, 0.15) is 9.79 Å². The van der Waals surface area contributed by atoms with Crippen molar-refractivity contribution in [3.05, 3.63) is 40.4 Å². The fourth-order valence-corrected chi connectivity index (χ4v) is 3.93. The first kappa shape index (κ1) is 15.3. The molecule has 9 nitrogen and oxygen atoms in total. The lowest BCUT2D eigenvalue weighted by atomic mass is 10.1. The zero-order valence-corrected chi connectivity index (χ0v) is 11.6. The second kappa shape index (κ2) is 4.73. The molecule has 0 aliphatic carbocycles. The van der Waals surface area contributed by atoms with Gasteiger partial charge in [0, 0.05) is 6.07 Å². The minimum absolute atomic E-state index is 0.0178. The topological polar surface area (TPSA) is 152 Å². The average molecular weight is 333 g/mol. The number of fused-ring (bicyclic) bond motifs is 1. The molecule has 21 heavy (non-hydrogen) atoms. The van der Waals surface area contributed by atoms with Gasteiger partial charge in [-0.05, 0) is 11.5 Å². The van der Waals surface area contributed by atoms with Crippen molar-refractivity contribution in [2.24, 2.45) is 0 Å². The van der Waals surface area contributed by atoms with Crippen LogP contribution in [0.2, 0.25) is 0 Å². The maximum absolute atomic E-state index is 11.4. The van der Waals surface area contributed by atoms with Crippen LogP contribution in [0.15, 0.2) is 40.1 Å². The SMILES string of the molecule is O=[N+]([O-])c1cccc2ccc(S(=O)(=O)O)c(S(=O)(=O)O)c12. The molecule has 0 aliphatic heterocycles. The Morgan fingerprint density at radius 1 is 0.952 bits per heavy atom. The summed E-state index contributed by atoms with van der Waals surface area (Å²) in [5.74, 6) is 0. The van der Waals surface area contributed by atoms with E-state index in [0.29, 0.717) is 0 Å². The number of nitro groups is 1. The molecule has 0 amide bonds. The van der Waals surface area contributed by atoms with Gasteiger partial charge in [-0.2, -0.15) is 16.8 Å². The van der Waals surface area contributed by atoms with E-state index in [1.807, 2.05) is 0 Å². The number of rotatable bonds is 3. The van der Waals surface area contributed by atoms with Crippen LogP contribution in [0.25, 0.3) is 10.8 Å². The molecule has 112 valence electrons. The molecule has 2 N–H and O–H groups in total. The molecule has 0 aromatic heterocycles. The van der Waals surface area contributed by atoms with E-state index in [2.05, 4.69) is 0 Å². The maximum Gasteiger partial charge on any atom is 0.296 e. The summed E-state index contributed by atoms with van der Waals surface area (Å²) in [5.41, 5.74) is -0.717. The first-order chi connectivity index (χ1) is 9.53. The van der Waals surface area contributed by atoms with Gasteiger partial charge in [0.05, 0.1) is 10.3 Å². The van der Waals surface area contributed by atoms with Gasteiger partial charge in [-0.1, -0.05) is 18.2 Å². The van der Waals surface area contributed by atoms with Crippen molar-refractivity contribution >= 4 is 36.7 Å². The van der Waals surface area contributed by atoms with Gasteiger partial charge in [0.25, 0.3) is 25.9 Å². The third kappa shape index (κ3) is 2.71. The van der Waals surface area contributed by atoms with Crippen LogP contribution in [0, 0.1) is 10.1 Å². The molecule has 2 rings (SSSR count). The molecular weight excluding hydrogens is 326 g/mol. The van der Waals surface area contributed by atoms with Crippen LogP contribution in [0.5, 0.6) is 0 Å². The Kier molecular flexibility index (Phi) is 3.45. The second-order valence-electron chi connectivity index (χ2n) is 3.98. The third-order valence-corrected chi connectivity index (χ3v) is 4.64. The van der Waals surface area contributed by atoms with E-state index in [0.717, 1.165) is 18.2 Å². The van der Waals surface area contributed by atoms with E-state index in [1.54, 1.807) is 0 Å². The lowest BCUT2D eigenvalue weighted by molar-refractivity contribution is -0.383. The van der Waals surface area contributed by atoms with Gasteiger partial charge in [-0.25, -0.2) is 0 Å². The predicted octanol–water partition coefficient (Wildman–Crippen LogP) is 1.24. The number of nitrogens with zero attached hydrogens (tertiary/aromatic N) is 1. The molecule has 0 atom stereocenters. The fraction of sp³-hybridized carbons (Fsp3) is 0. The fourth-order valence-electron chi connectivity index (χ4n) is 1.92. The Bertz CT molecular complexity index is 962.